The van der Waals surface area contributed by atoms with E-state index in [0.717, 1.165) is 13.1 Å². The molecule has 2 heterocycles. The maximum atomic E-state index is 13.7. The van der Waals surface area contributed by atoms with Crippen LogP contribution in [-0.4, -0.2) is 47.4 Å². The molecule has 1 saturated heterocycles. The molecule has 1 fully saturated rings. The molecule has 2 N–H and O–H groups in total. The van der Waals surface area contributed by atoms with Gasteiger partial charge in [-0.1, -0.05) is 19.1 Å². The van der Waals surface area contributed by atoms with Crippen LogP contribution in [0.15, 0.2) is 29.6 Å². The van der Waals surface area contributed by atoms with Gasteiger partial charge in [-0.15, -0.1) is 11.3 Å². The number of nitrogens with zero attached hydrogens (tertiary/aromatic N) is 2. The van der Waals surface area contributed by atoms with Crippen molar-refractivity contribution in [2.24, 2.45) is 5.92 Å². The molecule has 1 aromatic carbocycles. The standard InChI is InChI=1S/C21H27FN4O2S/c1-14-6-5-9-26(12-14)15(2)11-23-19(27)10-16-13-29-21(24-16)25-20(28)17-7-3-4-8-18(17)22/h3-4,7-8,13-15H,5-6,9-12H2,1-2H3,(H,23,27)(H,24,25,28). The van der Waals surface area contributed by atoms with Crippen molar-refractivity contribution in [3.63, 3.8) is 0 Å². The number of hydrogen-bond donors (Lipinski definition) is 2. The van der Waals surface area contributed by atoms with Gasteiger partial charge in [-0.3, -0.25) is 19.8 Å². The van der Waals surface area contributed by atoms with Crippen LogP contribution in [0, 0.1) is 11.7 Å². The third-order valence-corrected chi connectivity index (χ3v) is 5.95. The maximum Gasteiger partial charge on any atom is 0.260 e. The Bertz CT molecular complexity index is 857. The van der Waals surface area contributed by atoms with Crippen molar-refractivity contribution in [1.82, 2.24) is 15.2 Å². The van der Waals surface area contributed by atoms with Gasteiger partial charge in [0.15, 0.2) is 5.13 Å². The molecule has 0 saturated carbocycles. The van der Waals surface area contributed by atoms with Crippen LogP contribution in [0.3, 0.4) is 0 Å². The Morgan fingerprint density at radius 2 is 2.17 bits per heavy atom. The minimum Gasteiger partial charge on any atom is -0.354 e. The second-order valence-corrected chi connectivity index (χ2v) is 8.51. The monoisotopic (exact) mass is 418 g/mol. The van der Waals surface area contributed by atoms with Gasteiger partial charge in [0, 0.05) is 24.5 Å². The summed E-state index contributed by atoms with van der Waals surface area (Å²) in [6, 6.07) is 6.07. The molecule has 1 aliphatic heterocycles. The lowest BCUT2D eigenvalue weighted by Crippen LogP contribution is -2.46. The Morgan fingerprint density at radius 1 is 1.38 bits per heavy atom. The lowest BCUT2D eigenvalue weighted by atomic mass is 9.99. The van der Waals surface area contributed by atoms with Gasteiger partial charge < -0.3 is 5.32 Å². The van der Waals surface area contributed by atoms with E-state index in [1.54, 1.807) is 11.4 Å². The zero-order valence-corrected chi connectivity index (χ0v) is 17.6. The van der Waals surface area contributed by atoms with Gasteiger partial charge in [-0.2, -0.15) is 0 Å². The minimum atomic E-state index is -0.585. The van der Waals surface area contributed by atoms with Gasteiger partial charge in [0.2, 0.25) is 5.91 Å². The van der Waals surface area contributed by atoms with Crippen LogP contribution >= 0.6 is 11.3 Å². The van der Waals surface area contributed by atoms with E-state index in [9.17, 15) is 14.0 Å². The number of aromatic nitrogens is 1. The van der Waals surface area contributed by atoms with Crippen LogP contribution in [0.2, 0.25) is 0 Å². The predicted molar refractivity (Wildman–Crippen MR) is 113 cm³/mol. The first kappa shape index (κ1) is 21.4. The van der Waals surface area contributed by atoms with E-state index < -0.39 is 11.7 Å². The molecule has 1 aliphatic rings. The summed E-state index contributed by atoms with van der Waals surface area (Å²) < 4.78 is 13.7. The highest BCUT2D eigenvalue weighted by Gasteiger charge is 2.21. The highest BCUT2D eigenvalue weighted by Crippen LogP contribution is 2.19. The summed E-state index contributed by atoms with van der Waals surface area (Å²) in [6.45, 7) is 7.17. The summed E-state index contributed by atoms with van der Waals surface area (Å²) in [5.41, 5.74) is 0.540. The van der Waals surface area contributed by atoms with Crippen molar-refractivity contribution in [1.29, 1.82) is 0 Å². The number of rotatable bonds is 7. The molecule has 0 radical (unpaired) electrons. The zero-order valence-electron chi connectivity index (χ0n) is 16.8. The average Bonchev–Trinajstić information content (AvgIpc) is 3.13. The van der Waals surface area contributed by atoms with Gasteiger partial charge in [0.05, 0.1) is 17.7 Å². The summed E-state index contributed by atoms with van der Waals surface area (Å²) in [7, 11) is 0. The SMILES string of the molecule is CC1CCCN(C(C)CNC(=O)Cc2csc(NC(=O)c3ccccc3F)n2)C1. The van der Waals surface area contributed by atoms with Crippen LogP contribution in [0.4, 0.5) is 9.52 Å². The highest BCUT2D eigenvalue weighted by molar-refractivity contribution is 7.14. The molecule has 2 atom stereocenters. The molecule has 2 aromatic rings. The number of benzene rings is 1. The normalized spacial score (nSPS) is 18.2. The number of anilines is 1. The van der Waals surface area contributed by atoms with Crippen molar-refractivity contribution in [3.8, 4) is 0 Å². The quantitative estimate of drug-likeness (QED) is 0.723. The molecule has 2 amide bonds. The van der Waals surface area contributed by atoms with Gasteiger partial charge in [0.25, 0.3) is 5.91 Å². The smallest absolute Gasteiger partial charge is 0.260 e. The fourth-order valence-electron chi connectivity index (χ4n) is 3.50. The summed E-state index contributed by atoms with van der Waals surface area (Å²) in [4.78, 5) is 31.1. The summed E-state index contributed by atoms with van der Waals surface area (Å²) in [5, 5.41) is 7.63. The first-order chi connectivity index (χ1) is 13.9. The lowest BCUT2D eigenvalue weighted by molar-refractivity contribution is -0.120. The van der Waals surface area contributed by atoms with Gasteiger partial charge in [0.1, 0.15) is 5.82 Å². The Labute approximate surface area is 174 Å². The summed E-state index contributed by atoms with van der Waals surface area (Å²) >= 11 is 1.21. The van der Waals surface area contributed by atoms with Gasteiger partial charge in [-0.05, 0) is 44.4 Å². The van der Waals surface area contributed by atoms with Crippen LogP contribution in [0.5, 0.6) is 0 Å². The Hall–Kier alpha value is -2.32. The molecule has 29 heavy (non-hydrogen) atoms. The fourth-order valence-corrected chi connectivity index (χ4v) is 4.20. The van der Waals surface area contributed by atoms with E-state index in [1.807, 2.05) is 0 Å². The van der Waals surface area contributed by atoms with Crippen molar-refractivity contribution in [3.05, 3.63) is 46.7 Å². The second-order valence-electron chi connectivity index (χ2n) is 7.65. The molecule has 8 heteroatoms. The largest absolute Gasteiger partial charge is 0.354 e. The topological polar surface area (TPSA) is 74.3 Å². The highest BCUT2D eigenvalue weighted by atomic mass is 32.1. The first-order valence-electron chi connectivity index (χ1n) is 9.93. The number of thiazole rings is 1. The Kier molecular flexibility index (Phi) is 7.33. The molecule has 0 bridgehead atoms. The first-order valence-corrected chi connectivity index (χ1v) is 10.8. The number of hydrogen-bond acceptors (Lipinski definition) is 5. The molecule has 6 nitrogen and oxygen atoms in total. The number of nitrogens with one attached hydrogen (secondary N) is 2. The third-order valence-electron chi connectivity index (χ3n) is 5.14. The molecule has 0 aliphatic carbocycles. The van der Waals surface area contributed by atoms with E-state index in [0.29, 0.717) is 29.3 Å². The number of amides is 2. The van der Waals surface area contributed by atoms with E-state index in [2.05, 4.69) is 34.4 Å². The number of carbonyl (C=O) groups is 2. The third kappa shape index (κ3) is 6.08. The van der Waals surface area contributed by atoms with Crippen LogP contribution in [0.1, 0.15) is 42.7 Å². The van der Waals surface area contributed by atoms with Crippen molar-refractivity contribution in [2.75, 3.05) is 25.0 Å². The number of halogens is 1. The van der Waals surface area contributed by atoms with Crippen LogP contribution < -0.4 is 10.6 Å². The van der Waals surface area contributed by atoms with E-state index in [-0.39, 0.29) is 17.9 Å². The predicted octanol–water partition coefficient (Wildman–Crippen LogP) is 3.31. The van der Waals surface area contributed by atoms with E-state index >= 15 is 0 Å². The average molecular weight is 419 g/mol. The molecule has 2 unspecified atom stereocenters. The second kappa shape index (κ2) is 9.93. The lowest BCUT2D eigenvalue weighted by Gasteiger charge is -2.35. The molecular formula is C21H27FN4O2S. The van der Waals surface area contributed by atoms with Crippen molar-refractivity contribution < 1.29 is 14.0 Å². The Balaban J connectivity index is 1.46. The van der Waals surface area contributed by atoms with Crippen LogP contribution in [0.25, 0.3) is 0 Å². The number of carbonyl (C=O) groups excluding carboxylic acids is 2. The number of piperidine rings is 1. The maximum absolute atomic E-state index is 13.7. The summed E-state index contributed by atoms with van der Waals surface area (Å²) in [6.07, 6.45) is 2.63. The molecule has 0 spiro atoms. The number of likely N-dealkylation sites (tertiary alicyclic amines) is 1. The minimum absolute atomic E-state index is 0.0389. The van der Waals surface area contributed by atoms with Crippen molar-refractivity contribution >= 4 is 28.3 Å². The zero-order chi connectivity index (χ0) is 20.8. The molecule has 3 rings (SSSR count). The van der Waals surface area contributed by atoms with Crippen molar-refractivity contribution in [2.45, 2.75) is 39.2 Å². The van der Waals surface area contributed by atoms with Gasteiger partial charge >= 0.3 is 0 Å². The molecule has 1 aromatic heterocycles. The van der Waals surface area contributed by atoms with Gasteiger partial charge in [-0.25, -0.2) is 9.37 Å². The van der Waals surface area contributed by atoms with E-state index in [1.165, 1.54) is 42.4 Å². The van der Waals surface area contributed by atoms with Crippen LogP contribution in [-0.2, 0) is 11.2 Å². The molecule has 156 valence electrons. The van der Waals surface area contributed by atoms with E-state index in [4.69, 9.17) is 0 Å². The summed E-state index contributed by atoms with van der Waals surface area (Å²) in [5.74, 6) is -0.537. The fraction of sp³-hybridized carbons (Fsp3) is 0.476. The Morgan fingerprint density at radius 3 is 2.93 bits per heavy atom. The molecular weight excluding hydrogens is 391 g/mol.